The normalized spacial score (nSPS) is 12.8. The molecule has 5 heteroatoms. The van der Waals surface area contributed by atoms with Gasteiger partial charge in [0, 0.05) is 46.3 Å². The van der Waals surface area contributed by atoms with E-state index in [2.05, 4.69) is 11.8 Å². The largest absolute Gasteiger partial charge is 0.380 e. The van der Waals surface area contributed by atoms with Gasteiger partial charge in [0.1, 0.15) is 0 Å². The van der Waals surface area contributed by atoms with E-state index >= 15 is 0 Å². The highest BCUT2D eigenvalue weighted by Crippen LogP contribution is 2.05. The zero-order chi connectivity index (χ0) is 13.3. The highest BCUT2D eigenvalue weighted by Gasteiger charge is 2.19. The van der Waals surface area contributed by atoms with Crippen LogP contribution in [0.1, 0.15) is 20.3 Å². The molecule has 0 heterocycles. The van der Waals surface area contributed by atoms with Gasteiger partial charge < -0.3 is 15.4 Å². The summed E-state index contributed by atoms with van der Waals surface area (Å²) in [7, 11) is 3.54. The summed E-state index contributed by atoms with van der Waals surface area (Å²) in [5.41, 5.74) is 5.75. The summed E-state index contributed by atoms with van der Waals surface area (Å²) in [6.45, 7) is 7.68. The van der Waals surface area contributed by atoms with E-state index in [1.54, 1.807) is 19.0 Å². The molecule has 0 saturated heterocycles. The Kier molecular flexibility index (Phi) is 9.03. The van der Waals surface area contributed by atoms with Crippen LogP contribution < -0.4 is 5.73 Å². The quantitative estimate of drug-likeness (QED) is 0.588. The Morgan fingerprint density at radius 1 is 1.35 bits per heavy atom. The van der Waals surface area contributed by atoms with Crippen molar-refractivity contribution in [3.05, 3.63) is 0 Å². The van der Waals surface area contributed by atoms with Crippen LogP contribution in [-0.2, 0) is 9.53 Å². The number of hydrogen-bond donors (Lipinski definition) is 1. The van der Waals surface area contributed by atoms with Crippen LogP contribution in [0.25, 0.3) is 0 Å². The minimum Gasteiger partial charge on any atom is -0.380 e. The van der Waals surface area contributed by atoms with Gasteiger partial charge in [-0.2, -0.15) is 0 Å². The van der Waals surface area contributed by atoms with Crippen LogP contribution in [0.3, 0.4) is 0 Å². The molecule has 0 aliphatic heterocycles. The first-order valence-corrected chi connectivity index (χ1v) is 6.28. The molecular weight excluding hydrogens is 218 g/mol. The molecule has 0 aromatic carbocycles. The molecule has 0 saturated carbocycles. The van der Waals surface area contributed by atoms with Gasteiger partial charge in [-0.25, -0.2) is 0 Å². The Balaban J connectivity index is 4.22. The van der Waals surface area contributed by atoms with Crippen molar-refractivity contribution in [3.63, 3.8) is 0 Å². The molecule has 17 heavy (non-hydrogen) atoms. The summed E-state index contributed by atoms with van der Waals surface area (Å²) in [5.74, 6) is 0.121. The fourth-order valence-corrected chi connectivity index (χ4v) is 1.67. The van der Waals surface area contributed by atoms with Crippen LogP contribution >= 0.6 is 0 Å². The van der Waals surface area contributed by atoms with Gasteiger partial charge in [-0.3, -0.25) is 9.69 Å². The molecular formula is C12H27N3O2. The van der Waals surface area contributed by atoms with Crippen molar-refractivity contribution in [1.82, 2.24) is 9.80 Å². The molecule has 0 bridgehead atoms. The van der Waals surface area contributed by atoms with Crippen LogP contribution in [-0.4, -0.2) is 68.7 Å². The van der Waals surface area contributed by atoms with E-state index in [9.17, 15) is 4.79 Å². The van der Waals surface area contributed by atoms with Crippen molar-refractivity contribution in [2.24, 2.45) is 5.73 Å². The number of ether oxygens (including phenoxy) is 1. The number of rotatable bonds is 9. The van der Waals surface area contributed by atoms with Crippen LogP contribution in [0.2, 0.25) is 0 Å². The molecule has 0 fully saturated rings. The molecule has 1 amide bonds. The smallest absolute Gasteiger partial charge is 0.223 e. The summed E-state index contributed by atoms with van der Waals surface area (Å²) in [4.78, 5) is 15.5. The standard InChI is InChI=1S/C12H27N3O2/c1-5-15(7-8-17-6-2)11(10-13)9-12(16)14(3)4/h11H,5-10,13H2,1-4H3. The first-order chi connectivity index (χ1) is 8.06. The first-order valence-electron chi connectivity index (χ1n) is 6.28. The molecule has 102 valence electrons. The molecule has 2 N–H and O–H groups in total. The van der Waals surface area contributed by atoms with E-state index in [0.717, 1.165) is 19.7 Å². The molecule has 0 radical (unpaired) electrons. The van der Waals surface area contributed by atoms with Crippen molar-refractivity contribution in [3.8, 4) is 0 Å². The van der Waals surface area contributed by atoms with Gasteiger partial charge >= 0.3 is 0 Å². The Hall–Kier alpha value is -0.650. The Bertz CT molecular complexity index is 210. The highest BCUT2D eigenvalue weighted by molar-refractivity contribution is 5.76. The fourth-order valence-electron chi connectivity index (χ4n) is 1.67. The Morgan fingerprint density at radius 2 is 2.00 bits per heavy atom. The van der Waals surface area contributed by atoms with Gasteiger partial charge in [-0.15, -0.1) is 0 Å². The van der Waals surface area contributed by atoms with E-state index in [-0.39, 0.29) is 11.9 Å². The van der Waals surface area contributed by atoms with Gasteiger partial charge in [-0.1, -0.05) is 6.92 Å². The number of amides is 1. The fraction of sp³-hybridized carbons (Fsp3) is 0.917. The molecule has 1 atom stereocenters. The number of carbonyl (C=O) groups is 1. The molecule has 0 aromatic heterocycles. The topological polar surface area (TPSA) is 58.8 Å². The van der Waals surface area contributed by atoms with E-state index in [1.807, 2.05) is 6.92 Å². The molecule has 0 spiro atoms. The van der Waals surface area contributed by atoms with E-state index in [4.69, 9.17) is 10.5 Å². The molecule has 5 nitrogen and oxygen atoms in total. The predicted octanol–water partition coefficient (Wildman–Crippen LogP) is 0.150. The van der Waals surface area contributed by atoms with Gasteiger partial charge in [0.15, 0.2) is 0 Å². The summed E-state index contributed by atoms with van der Waals surface area (Å²) in [6, 6.07) is 0.107. The number of nitrogens with zero attached hydrogens (tertiary/aromatic N) is 2. The lowest BCUT2D eigenvalue weighted by molar-refractivity contribution is -0.130. The van der Waals surface area contributed by atoms with Crippen molar-refractivity contribution in [2.75, 3.05) is 46.9 Å². The molecule has 1 unspecified atom stereocenters. The second-order valence-corrected chi connectivity index (χ2v) is 4.21. The van der Waals surface area contributed by atoms with Crippen molar-refractivity contribution < 1.29 is 9.53 Å². The summed E-state index contributed by atoms with van der Waals surface area (Å²) < 4.78 is 5.34. The Labute approximate surface area is 105 Å². The monoisotopic (exact) mass is 245 g/mol. The zero-order valence-corrected chi connectivity index (χ0v) is 11.6. The first kappa shape index (κ1) is 16.4. The average molecular weight is 245 g/mol. The summed E-state index contributed by atoms with van der Waals surface area (Å²) >= 11 is 0. The third kappa shape index (κ3) is 6.61. The zero-order valence-electron chi connectivity index (χ0n) is 11.6. The van der Waals surface area contributed by atoms with Gasteiger partial charge in [0.2, 0.25) is 5.91 Å². The molecule has 0 aromatic rings. The number of carbonyl (C=O) groups excluding carboxylic acids is 1. The van der Waals surface area contributed by atoms with Crippen LogP contribution in [0, 0.1) is 0 Å². The number of hydrogen-bond acceptors (Lipinski definition) is 4. The molecule has 0 rings (SSSR count). The van der Waals surface area contributed by atoms with Crippen LogP contribution in [0.4, 0.5) is 0 Å². The van der Waals surface area contributed by atoms with E-state index in [0.29, 0.717) is 19.6 Å². The predicted molar refractivity (Wildman–Crippen MR) is 69.9 cm³/mol. The minimum atomic E-state index is 0.107. The third-order valence-electron chi connectivity index (χ3n) is 2.83. The second kappa shape index (κ2) is 9.39. The van der Waals surface area contributed by atoms with E-state index < -0.39 is 0 Å². The number of likely N-dealkylation sites (N-methyl/N-ethyl adjacent to an activating group) is 1. The third-order valence-corrected chi connectivity index (χ3v) is 2.83. The maximum atomic E-state index is 11.7. The summed E-state index contributed by atoms with van der Waals surface area (Å²) in [5, 5.41) is 0. The Morgan fingerprint density at radius 3 is 2.41 bits per heavy atom. The lowest BCUT2D eigenvalue weighted by atomic mass is 10.1. The average Bonchev–Trinajstić information content (AvgIpc) is 2.32. The van der Waals surface area contributed by atoms with Gasteiger partial charge in [0.05, 0.1) is 6.61 Å². The SMILES string of the molecule is CCOCCN(CC)C(CN)CC(=O)N(C)C. The molecule has 0 aliphatic carbocycles. The van der Waals surface area contributed by atoms with Gasteiger partial charge in [0.25, 0.3) is 0 Å². The van der Waals surface area contributed by atoms with Crippen LogP contribution in [0.15, 0.2) is 0 Å². The maximum Gasteiger partial charge on any atom is 0.223 e. The highest BCUT2D eigenvalue weighted by atomic mass is 16.5. The lowest BCUT2D eigenvalue weighted by Gasteiger charge is -2.30. The van der Waals surface area contributed by atoms with E-state index in [1.165, 1.54) is 0 Å². The van der Waals surface area contributed by atoms with Crippen molar-refractivity contribution >= 4 is 5.91 Å². The minimum absolute atomic E-state index is 0.107. The number of nitrogens with two attached hydrogens (primary N) is 1. The van der Waals surface area contributed by atoms with Gasteiger partial charge in [-0.05, 0) is 13.5 Å². The summed E-state index contributed by atoms with van der Waals surface area (Å²) in [6.07, 6.45) is 0.476. The lowest BCUT2D eigenvalue weighted by Crippen LogP contribution is -2.45. The van der Waals surface area contributed by atoms with Crippen molar-refractivity contribution in [1.29, 1.82) is 0 Å². The second-order valence-electron chi connectivity index (χ2n) is 4.21. The molecule has 0 aliphatic rings. The maximum absolute atomic E-state index is 11.7. The van der Waals surface area contributed by atoms with Crippen LogP contribution in [0.5, 0.6) is 0 Å². The van der Waals surface area contributed by atoms with Crippen molar-refractivity contribution in [2.45, 2.75) is 26.3 Å².